The van der Waals surface area contributed by atoms with Crippen LogP contribution < -0.4 is 0 Å². The van der Waals surface area contributed by atoms with Crippen LogP contribution in [0.15, 0.2) is 48.6 Å². The van der Waals surface area contributed by atoms with Gasteiger partial charge >= 0.3 is 26.7 Å². The second kappa shape index (κ2) is 19.4. The quantitative estimate of drug-likeness (QED) is 0.267. The summed E-state index contributed by atoms with van der Waals surface area (Å²) < 4.78 is 39.0. The summed E-state index contributed by atoms with van der Waals surface area (Å²) in [6, 6.07) is 0. The fourth-order valence-corrected chi connectivity index (χ4v) is 1.71. The van der Waals surface area contributed by atoms with Crippen molar-refractivity contribution < 1.29 is 42.2 Å². The molecule has 0 saturated carbocycles. The van der Waals surface area contributed by atoms with Gasteiger partial charge in [-0.25, -0.2) is 0 Å². The van der Waals surface area contributed by atoms with Crippen molar-refractivity contribution >= 4 is 7.25 Å². The molecule has 2 rings (SSSR count). The first kappa shape index (κ1) is 27.2. The van der Waals surface area contributed by atoms with E-state index < -0.39 is 7.25 Å². The van der Waals surface area contributed by atoms with Gasteiger partial charge < -0.3 is 22.7 Å². The van der Waals surface area contributed by atoms with Crippen LogP contribution in [-0.4, -0.2) is 12.7 Å². The molecule has 0 heterocycles. The first-order valence-electron chi connectivity index (χ1n) is 7.47. The summed E-state index contributed by atoms with van der Waals surface area (Å²) in [5.41, 5.74) is 0. The molecule has 0 amide bonds. The van der Waals surface area contributed by atoms with Gasteiger partial charge in [-0.2, -0.15) is 0 Å². The molecule has 7 heteroatoms. The van der Waals surface area contributed by atoms with Crippen LogP contribution in [0.4, 0.5) is 17.3 Å². The van der Waals surface area contributed by atoms with E-state index in [2.05, 4.69) is 48.6 Å². The third-order valence-corrected chi connectivity index (χ3v) is 2.67. The number of hydrogen-bond acceptors (Lipinski definition) is 0. The Bertz CT molecular complexity index is 266. The van der Waals surface area contributed by atoms with Gasteiger partial charge in [-0.3, -0.25) is 0 Å². The van der Waals surface area contributed by atoms with E-state index >= 15 is 0 Å². The number of allylic oxidation sites excluding steroid dienone is 8. The third kappa shape index (κ3) is 33.9. The minimum absolute atomic E-state index is 0. The van der Waals surface area contributed by atoms with Crippen LogP contribution in [0.2, 0.25) is 0 Å². The predicted octanol–water partition coefficient (Wildman–Crippen LogP) is 5.82. The molecular weight excluding hydrogens is 398 g/mol. The van der Waals surface area contributed by atoms with Crippen molar-refractivity contribution in [1.29, 1.82) is 0 Å². The van der Waals surface area contributed by atoms with Crippen molar-refractivity contribution in [2.24, 2.45) is 0 Å². The molecule has 2 aliphatic carbocycles. The molecule has 0 spiro atoms. The van der Waals surface area contributed by atoms with Crippen molar-refractivity contribution in [3.05, 3.63) is 48.6 Å². The zero-order valence-corrected chi connectivity index (χ0v) is 14.8. The van der Waals surface area contributed by atoms with E-state index in [0.29, 0.717) is 0 Å². The van der Waals surface area contributed by atoms with Crippen LogP contribution in [0.5, 0.6) is 0 Å². The van der Waals surface area contributed by atoms with E-state index in [0.717, 1.165) is 0 Å². The topological polar surface area (TPSA) is 31.5 Å². The fraction of sp³-hybridized carbons (Fsp3) is 0.500. The van der Waals surface area contributed by atoms with Gasteiger partial charge in [-0.05, 0) is 51.4 Å². The molecule has 0 aromatic heterocycles. The van der Waals surface area contributed by atoms with Crippen LogP contribution in [0.25, 0.3) is 0 Å². The summed E-state index contributed by atoms with van der Waals surface area (Å²) in [5, 5.41) is 0. The van der Waals surface area contributed by atoms with Crippen molar-refractivity contribution in [3.8, 4) is 0 Å². The fourth-order valence-electron chi connectivity index (χ4n) is 1.71. The van der Waals surface area contributed by atoms with Gasteiger partial charge in [0.25, 0.3) is 0 Å². The summed E-state index contributed by atoms with van der Waals surface area (Å²) in [5.74, 6) is 0. The minimum atomic E-state index is -6.00. The molecule has 0 saturated heterocycles. The van der Waals surface area contributed by atoms with Gasteiger partial charge in [0.1, 0.15) is 0 Å². The van der Waals surface area contributed by atoms with Crippen molar-refractivity contribution in [1.82, 2.24) is 0 Å². The van der Waals surface area contributed by atoms with E-state index in [1.165, 1.54) is 51.4 Å². The minimum Gasteiger partial charge on any atom is -0.418 e. The number of hydrogen-bond donors (Lipinski definition) is 0. The molecule has 1 nitrogen and oxygen atoms in total. The van der Waals surface area contributed by atoms with Crippen molar-refractivity contribution in [2.75, 3.05) is 0 Å². The zero-order chi connectivity index (χ0) is 15.8. The third-order valence-electron chi connectivity index (χ3n) is 2.67. The van der Waals surface area contributed by atoms with E-state index in [1.54, 1.807) is 0 Å². The monoisotopic (exact) mass is 424 g/mol. The molecule has 2 aliphatic rings. The number of rotatable bonds is 0. The molecule has 0 aromatic rings. The van der Waals surface area contributed by atoms with E-state index in [9.17, 15) is 17.3 Å². The maximum Gasteiger partial charge on any atom is 1.00 e. The molecule has 0 bridgehead atoms. The molecular formula is C16H26BF4ORh. The van der Waals surface area contributed by atoms with Crippen LogP contribution in [0, 0.1) is 0 Å². The average Bonchev–Trinajstić information content (AvgIpc) is 2.24. The van der Waals surface area contributed by atoms with Crippen LogP contribution in [0.3, 0.4) is 0 Å². The molecule has 23 heavy (non-hydrogen) atoms. The Hall–Kier alpha value is -0.672. The standard InChI is InChI=1S/2C8H12.BF4.H2O.Rh/c2*1-2-4-6-8-7-5-3-1;2-1(3,4)5;;/h2*1-2,7-8H,3-6H2;;1H2;/q;;-1;;+1/b2*2-1-,8-7-;;;. The van der Waals surface area contributed by atoms with E-state index in [4.69, 9.17) is 0 Å². The Morgan fingerprint density at radius 3 is 0.609 bits per heavy atom. The second-order valence-corrected chi connectivity index (χ2v) is 4.69. The van der Waals surface area contributed by atoms with Gasteiger partial charge in [0.15, 0.2) is 0 Å². The van der Waals surface area contributed by atoms with Gasteiger partial charge in [-0.15, -0.1) is 0 Å². The summed E-state index contributed by atoms with van der Waals surface area (Å²) >= 11 is 0. The molecule has 0 radical (unpaired) electrons. The Labute approximate surface area is 149 Å². The molecule has 136 valence electrons. The van der Waals surface area contributed by atoms with Gasteiger partial charge in [0, 0.05) is 0 Å². The van der Waals surface area contributed by atoms with Crippen LogP contribution >= 0.6 is 0 Å². The van der Waals surface area contributed by atoms with E-state index in [1.807, 2.05) is 0 Å². The zero-order valence-electron chi connectivity index (χ0n) is 13.2. The maximum atomic E-state index is 9.75. The van der Waals surface area contributed by atoms with Crippen molar-refractivity contribution in [3.63, 3.8) is 0 Å². The molecule has 0 fully saturated rings. The summed E-state index contributed by atoms with van der Waals surface area (Å²) in [6.07, 6.45) is 28.0. The maximum absolute atomic E-state index is 9.75. The predicted molar refractivity (Wildman–Crippen MR) is 87.3 cm³/mol. The summed E-state index contributed by atoms with van der Waals surface area (Å²) in [6.45, 7) is 0. The summed E-state index contributed by atoms with van der Waals surface area (Å²) in [4.78, 5) is 0. The van der Waals surface area contributed by atoms with E-state index in [-0.39, 0.29) is 25.0 Å². The molecule has 2 N–H and O–H groups in total. The Morgan fingerprint density at radius 1 is 0.435 bits per heavy atom. The van der Waals surface area contributed by atoms with Crippen LogP contribution in [0.1, 0.15) is 51.4 Å². The summed E-state index contributed by atoms with van der Waals surface area (Å²) in [7, 11) is -6.00. The molecule has 0 unspecified atom stereocenters. The average molecular weight is 424 g/mol. The largest absolute Gasteiger partial charge is 1.00 e. The molecule has 0 aromatic carbocycles. The van der Waals surface area contributed by atoms with Gasteiger partial charge in [0.05, 0.1) is 0 Å². The van der Waals surface area contributed by atoms with Crippen molar-refractivity contribution in [2.45, 2.75) is 51.4 Å². The second-order valence-electron chi connectivity index (χ2n) is 4.69. The molecule has 0 aliphatic heterocycles. The van der Waals surface area contributed by atoms with Gasteiger partial charge in [0.2, 0.25) is 0 Å². The molecule has 0 atom stereocenters. The first-order valence-corrected chi connectivity index (χ1v) is 7.47. The Morgan fingerprint density at radius 2 is 0.522 bits per heavy atom. The Kier molecular flexibility index (Phi) is 22.9. The normalized spacial score (nSPS) is 22.1. The Balaban J connectivity index is -0.000000258. The SMILES string of the molecule is C1=C\CC/C=C\CC/1.C1=C\CC/C=C\CC/1.F[B-](F)(F)F.O.[Rh+]. The smallest absolute Gasteiger partial charge is 0.418 e. The first-order chi connectivity index (χ1) is 10.0. The van der Waals surface area contributed by atoms with Gasteiger partial charge in [-0.1, -0.05) is 48.6 Å². The van der Waals surface area contributed by atoms with Crippen LogP contribution in [-0.2, 0) is 19.5 Å². The number of halogens is 4.